The molecule has 1 aromatic rings. The van der Waals surface area contributed by atoms with Crippen LogP contribution in [0.15, 0.2) is 18.2 Å². The highest BCUT2D eigenvalue weighted by molar-refractivity contribution is 6.33. The molecule has 1 N–H and O–H groups in total. The van der Waals surface area contributed by atoms with Gasteiger partial charge in [-0.15, -0.1) is 0 Å². The number of benzene rings is 1. The molecule has 2 fully saturated rings. The molecule has 21 heavy (non-hydrogen) atoms. The molecule has 0 saturated carbocycles. The number of fused-ring (bicyclic) bond motifs is 2. The predicted molar refractivity (Wildman–Crippen MR) is 90.3 cm³/mol. The number of nitrogens with zero attached hydrogens (tertiary/aromatic N) is 2. The normalized spacial score (nSPS) is 27.7. The Bertz CT molecular complexity index is 505. The molecule has 0 radical (unpaired) electrons. The van der Waals surface area contributed by atoms with Crippen LogP contribution in [0.1, 0.15) is 37.8 Å². The Kier molecular flexibility index (Phi) is 4.43. The number of hydrogen-bond acceptors (Lipinski definition) is 3. The second-order valence-electron chi connectivity index (χ2n) is 6.51. The molecule has 3 nitrogen and oxygen atoms in total. The Balaban J connectivity index is 1.80. The van der Waals surface area contributed by atoms with Crippen molar-refractivity contribution < 1.29 is 0 Å². The summed E-state index contributed by atoms with van der Waals surface area (Å²) < 4.78 is 0. The summed E-state index contributed by atoms with van der Waals surface area (Å²) >= 11 is 6.57. The van der Waals surface area contributed by atoms with Gasteiger partial charge in [-0.05, 0) is 58.0 Å². The summed E-state index contributed by atoms with van der Waals surface area (Å²) in [6, 6.07) is 8.31. The van der Waals surface area contributed by atoms with E-state index in [1.165, 1.54) is 30.5 Å². The lowest BCUT2D eigenvalue weighted by atomic mass is 10.1. The molecule has 116 valence electrons. The van der Waals surface area contributed by atoms with Crippen molar-refractivity contribution in [2.75, 3.05) is 32.1 Å². The molecule has 2 bridgehead atoms. The zero-order chi connectivity index (χ0) is 15.0. The third kappa shape index (κ3) is 2.92. The number of hydrogen-bond donors (Lipinski definition) is 1. The minimum atomic E-state index is 0.336. The Labute approximate surface area is 133 Å². The zero-order valence-corrected chi connectivity index (χ0v) is 14.0. The van der Waals surface area contributed by atoms with Gasteiger partial charge in [-0.25, -0.2) is 0 Å². The molecule has 3 rings (SSSR count). The molecule has 0 spiro atoms. The van der Waals surface area contributed by atoms with Gasteiger partial charge in [-0.1, -0.05) is 17.7 Å². The zero-order valence-electron chi connectivity index (χ0n) is 13.3. The van der Waals surface area contributed by atoms with Crippen molar-refractivity contribution in [3.63, 3.8) is 0 Å². The van der Waals surface area contributed by atoms with Crippen molar-refractivity contribution in [1.29, 1.82) is 0 Å². The molecular weight excluding hydrogens is 282 g/mol. The van der Waals surface area contributed by atoms with Gasteiger partial charge < -0.3 is 10.2 Å². The van der Waals surface area contributed by atoms with Gasteiger partial charge in [0, 0.05) is 31.2 Å². The monoisotopic (exact) mass is 307 g/mol. The maximum Gasteiger partial charge on any atom is 0.0642 e. The van der Waals surface area contributed by atoms with Crippen LogP contribution in [0, 0.1) is 0 Å². The first kappa shape index (κ1) is 15.1. The molecule has 0 amide bonds. The van der Waals surface area contributed by atoms with E-state index in [9.17, 15) is 0 Å². The largest absolute Gasteiger partial charge is 0.369 e. The molecule has 2 heterocycles. The molecule has 0 aliphatic carbocycles. The Morgan fingerprint density at radius 2 is 2.00 bits per heavy atom. The third-order valence-corrected chi connectivity index (χ3v) is 5.70. The Morgan fingerprint density at radius 1 is 1.24 bits per heavy atom. The van der Waals surface area contributed by atoms with E-state index in [1.807, 2.05) is 7.05 Å². The highest BCUT2D eigenvalue weighted by atomic mass is 35.5. The number of likely N-dealkylation sites (N-methyl/N-ethyl adjacent to an activating group) is 1. The lowest BCUT2D eigenvalue weighted by molar-refractivity contribution is 0.254. The van der Waals surface area contributed by atoms with Crippen molar-refractivity contribution in [2.24, 2.45) is 0 Å². The van der Waals surface area contributed by atoms with E-state index in [1.54, 1.807) is 0 Å². The van der Waals surface area contributed by atoms with Gasteiger partial charge in [0.25, 0.3) is 0 Å². The van der Waals surface area contributed by atoms with Crippen LogP contribution >= 0.6 is 11.6 Å². The summed E-state index contributed by atoms with van der Waals surface area (Å²) in [6.45, 7) is 4.38. The van der Waals surface area contributed by atoms with Gasteiger partial charge in [-0.2, -0.15) is 0 Å². The van der Waals surface area contributed by atoms with Crippen LogP contribution in [0.2, 0.25) is 5.02 Å². The molecule has 1 aromatic carbocycles. The lowest BCUT2D eigenvalue weighted by Crippen LogP contribution is -2.36. The first-order valence-corrected chi connectivity index (χ1v) is 8.41. The Hall–Kier alpha value is -0.770. The number of anilines is 1. The minimum Gasteiger partial charge on any atom is -0.369 e. The van der Waals surface area contributed by atoms with Crippen LogP contribution in [0.25, 0.3) is 0 Å². The number of halogens is 1. The van der Waals surface area contributed by atoms with E-state index in [2.05, 4.69) is 47.3 Å². The molecule has 2 aliphatic heterocycles. The maximum absolute atomic E-state index is 6.57. The molecule has 2 saturated heterocycles. The summed E-state index contributed by atoms with van der Waals surface area (Å²) in [5.74, 6) is 0. The highest BCUT2D eigenvalue weighted by Gasteiger charge is 2.35. The van der Waals surface area contributed by atoms with Crippen LogP contribution in [0.5, 0.6) is 0 Å². The lowest BCUT2D eigenvalue weighted by Gasteiger charge is -2.28. The van der Waals surface area contributed by atoms with Crippen LogP contribution in [-0.2, 0) is 0 Å². The van der Waals surface area contributed by atoms with E-state index in [4.69, 9.17) is 11.6 Å². The summed E-state index contributed by atoms with van der Waals surface area (Å²) in [7, 11) is 4.26. The fourth-order valence-corrected chi connectivity index (χ4v) is 4.05. The smallest absolute Gasteiger partial charge is 0.0642 e. The average molecular weight is 308 g/mol. The third-order valence-electron chi connectivity index (χ3n) is 5.39. The van der Waals surface area contributed by atoms with Crippen LogP contribution < -0.4 is 10.2 Å². The van der Waals surface area contributed by atoms with Crippen LogP contribution in [0.3, 0.4) is 0 Å². The van der Waals surface area contributed by atoms with E-state index < -0.39 is 0 Å². The SMILES string of the molecule is CNC(C)c1ccc(N2CCC3CCC(C2)N3C)c(Cl)c1. The Morgan fingerprint density at radius 3 is 2.71 bits per heavy atom. The summed E-state index contributed by atoms with van der Waals surface area (Å²) in [5.41, 5.74) is 2.45. The van der Waals surface area contributed by atoms with Gasteiger partial charge in [0.05, 0.1) is 10.7 Å². The second-order valence-corrected chi connectivity index (χ2v) is 6.91. The molecule has 3 atom stereocenters. The van der Waals surface area contributed by atoms with Crippen molar-refractivity contribution in [3.8, 4) is 0 Å². The number of nitrogens with one attached hydrogen (secondary N) is 1. The fourth-order valence-electron chi connectivity index (χ4n) is 3.74. The standard InChI is InChI=1S/C17H26ClN3/c1-12(19-2)13-4-7-17(16(18)10-13)21-9-8-14-5-6-15(11-21)20(14)3/h4,7,10,12,14-15,19H,5-6,8-9,11H2,1-3H3. The van der Waals surface area contributed by atoms with E-state index in [0.717, 1.165) is 24.2 Å². The van der Waals surface area contributed by atoms with Crippen LogP contribution in [0.4, 0.5) is 5.69 Å². The van der Waals surface area contributed by atoms with Gasteiger partial charge >= 0.3 is 0 Å². The minimum absolute atomic E-state index is 0.336. The first-order chi connectivity index (χ1) is 10.1. The predicted octanol–water partition coefficient (Wildman–Crippen LogP) is 3.29. The van der Waals surface area contributed by atoms with E-state index >= 15 is 0 Å². The van der Waals surface area contributed by atoms with E-state index in [-0.39, 0.29) is 0 Å². The first-order valence-electron chi connectivity index (χ1n) is 8.03. The van der Waals surface area contributed by atoms with Crippen LogP contribution in [-0.4, -0.2) is 44.2 Å². The summed E-state index contributed by atoms with van der Waals surface area (Å²) in [5, 5.41) is 4.15. The topological polar surface area (TPSA) is 18.5 Å². The summed E-state index contributed by atoms with van der Waals surface area (Å²) in [4.78, 5) is 5.06. The van der Waals surface area contributed by atoms with E-state index in [0.29, 0.717) is 12.1 Å². The quantitative estimate of drug-likeness (QED) is 0.924. The van der Waals surface area contributed by atoms with Gasteiger partial charge in [0.15, 0.2) is 0 Å². The average Bonchev–Trinajstić information content (AvgIpc) is 2.72. The molecule has 3 unspecified atom stereocenters. The fraction of sp³-hybridized carbons (Fsp3) is 0.647. The van der Waals surface area contributed by atoms with Crippen molar-refractivity contribution in [3.05, 3.63) is 28.8 Å². The molecule has 4 heteroatoms. The molecule has 0 aromatic heterocycles. The second kappa shape index (κ2) is 6.15. The molecule has 2 aliphatic rings. The molecular formula is C17H26ClN3. The van der Waals surface area contributed by atoms with Gasteiger partial charge in [0.1, 0.15) is 0 Å². The van der Waals surface area contributed by atoms with Gasteiger partial charge in [-0.3, -0.25) is 4.90 Å². The van der Waals surface area contributed by atoms with Gasteiger partial charge in [0.2, 0.25) is 0 Å². The number of rotatable bonds is 3. The summed E-state index contributed by atoms with van der Waals surface area (Å²) in [6.07, 6.45) is 3.93. The van der Waals surface area contributed by atoms with Crippen molar-refractivity contribution >= 4 is 17.3 Å². The van der Waals surface area contributed by atoms with Crippen molar-refractivity contribution in [1.82, 2.24) is 10.2 Å². The maximum atomic E-state index is 6.57. The van der Waals surface area contributed by atoms with Crippen molar-refractivity contribution in [2.45, 2.75) is 44.3 Å². The highest BCUT2D eigenvalue weighted by Crippen LogP contribution is 2.34.